The number of Topliss-reactive ketones (excluding diaryl/α,β-unsaturated/α-hetero) is 1. The van der Waals surface area contributed by atoms with Gasteiger partial charge >= 0.3 is 0 Å². The average Bonchev–Trinajstić information content (AvgIpc) is 3.34. The molecule has 2 aromatic rings. The molecular formula is C21H25N3O4. The molecule has 3 rings (SSSR count). The minimum atomic E-state index is -0.733. The molecule has 1 aliphatic heterocycles. The first-order valence-corrected chi connectivity index (χ1v) is 9.54. The molecule has 0 saturated heterocycles. The van der Waals surface area contributed by atoms with E-state index in [4.69, 9.17) is 4.42 Å². The SMILES string of the molecule is CCN(CC)CCCN1C(=O)C(O)=C(C(=O)c2ccco2)[C@@H]1c1ccccn1. The van der Waals surface area contributed by atoms with Crippen molar-refractivity contribution in [3.05, 3.63) is 65.6 Å². The van der Waals surface area contributed by atoms with Crippen molar-refractivity contribution in [3.8, 4) is 0 Å². The monoisotopic (exact) mass is 383 g/mol. The number of ketones is 1. The average molecular weight is 383 g/mol. The molecule has 0 radical (unpaired) electrons. The van der Waals surface area contributed by atoms with E-state index in [2.05, 4.69) is 23.7 Å². The summed E-state index contributed by atoms with van der Waals surface area (Å²) >= 11 is 0. The number of pyridine rings is 1. The quantitative estimate of drug-likeness (QED) is 0.670. The van der Waals surface area contributed by atoms with Crippen molar-refractivity contribution < 1.29 is 19.1 Å². The van der Waals surface area contributed by atoms with Crippen LogP contribution < -0.4 is 0 Å². The Morgan fingerprint density at radius 2 is 2.04 bits per heavy atom. The lowest BCUT2D eigenvalue weighted by molar-refractivity contribution is -0.129. The van der Waals surface area contributed by atoms with E-state index in [1.165, 1.54) is 17.2 Å². The van der Waals surface area contributed by atoms with Crippen LogP contribution in [-0.2, 0) is 4.79 Å². The van der Waals surface area contributed by atoms with Crippen LogP contribution in [-0.4, -0.2) is 57.8 Å². The van der Waals surface area contributed by atoms with Crippen LogP contribution in [0.5, 0.6) is 0 Å². The number of hydrogen-bond acceptors (Lipinski definition) is 6. The molecule has 7 nitrogen and oxygen atoms in total. The number of aliphatic hydroxyl groups excluding tert-OH is 1. The zero-order chi connectivity index (χ0) is 20.1. The molecule has 0 spiro atoms. The Kier molecular flexibility index (Phi) is 6.26. The second kappa shape index (κ2) is 8.84. The maximum absolute atomic E-state index is 12.9. The molecule has 0 unspecified atom stereocenters. The molecule has 0 bridgehead atoms. The Labute approximate surface area is 164 Å². The van der Waals surface area contributed by atoms with Gasteiger partial charge in [-0.15, -0.1) is 0 Å². The topological polar surface area (TPSA) is 86.9 Å². The van der Waals surface area contributed by atoms with Gasteiger partial charge in [-0.3, -0.25) is 14.6 Å². The Balaban J connectivity index is 1.90. The van der Waals surface area contributed by atoms with Gasteiger partial charge < -0.3 is 19.3 Å². The number of aromatic nitrogens is 1. The van der Waals surface area contributed by atoms with Gasteiger partial charge in [0.25, 0.3) is 5.91 Å². The summed E-state index contributed by atoms with van der Waals surface area (Å²) in [4.78, 5) is 33.8. The van der Waals surface area contributed by atoms with Crippen LogP contribution in [0.1, 0.15) is 42.6 Å². The molecule has 3 heterocycles. The van der Waals surface area contributed by atoms with E-state index in [1.54, 1.807) is 30.5 Å². The predicted molar refractivity (Wildman–Crippen MR) is 104 cm³/mol. The maximum Gasteiger partial charge on any atom is 0.290 e. The minimum Gasteiger partial charge on any atom is -0.503 e. The fourth-order valence-electron chi connectivity index (χ4n) is 3.51. The van der Waals surface area contributed by atoms with E-state index < -0.39 is 23.5 Å². The first kappa shape index (κ1) is 19.8. The number of aliphatic hydroxyl groups is 1. The number of carbonyl (C=O) groups excluding carboxylic acids is 2. The van der Waals surface area contributed by atoms with Crippen molar-refractivity contribution in [2.45, 2.75) is 26.3 Å². The highest BCUT2D eigenvalue weighted by Gasteiger charge is 2.44. The van der Waals surface area contributed by atoms with Crippen LogP contribution >= 0.6 is 0 Å². The Morgan fingerprint density at radius 3 is 2.64 bits per heavy atom. The van der Waals surface area contributed by atoms with Crippen molar-refractivity contribution in [2.24, 2.45) is 0 Å². The Hall–Kier alpha value is -2.93. The van der Waals surface area contributed by atoms with E-state index >= 15 is 0 Å². The molecular weight excluding hydrogens is 358 g/mol. The van der Waals surface area contributed by atoms with Gasteiger partial charge in [0.1, 0.15) is 6.04 Å². The lowest BCUT2D eigenvalue weighted by Crippen LogP contribution is -2.34. The van der Waals surface area contributed by atoms with Gasteiger partial charge in [-0.1, -0.05) is 19.9 Å². The van der Waals surface area contributed by atoms with Crippen LogP contribution in [0.2, 0.25) is 0 Å². The summed E-state index contributed by atoms with van der Waals surface area (Å²) in [5.74, 6) is -1.50. The summed E-state index contributed by atoms with van der Waals surface area (Å²) in [7, 11) is 0. The van der Waals surface area contributed by atoms with Gasteiger partial charge in [0, 0.05) is 12.7 Å². The maximum atomic E-state index is 12.9. The van der Waals surface area contributed by atoms with Crippen LogP contribution in [0, 0.1) is 0 Å². The number of carbonyl (C=O) groups is 2. The fourth-order valence-corrected chi connectivity index (χ4v) is 3.51. The number of amides is 1. The second-order valence-corrected chi connectivity index (χ2v) is 6.60. The fraction of sp³-hybridized carbons (Fsp3) is 0.381. The molecule has 28 heavy (non-hydrogen) atoms. The van der Waals surface area contributed by atoms with E-state index in [9.17, 15) is 14.7 Å². The van der Waals surface area contributed by atoms with E-state index in [1.807, 2.05) is 0 Å². The van der Waals surface area contributed by atoms with Crippen molar-refractivity contribution >= 4 is 11.7 Å². The third-order valence-electron chi connectivity index (χ3n) is 5.03. The number of furan rings is 1. The summed E-state index contributed by atoms with van der Waals surface area (Å²) in [6.07, 6.45) is 3.73. The first-order valence-electron chi connectivity index (χ1n) is 9.54. The zero-order valence-electron chi connectivity index (χ0n) is 16.2. The molecule has 0 aliphatic carbocycles. The van der Waals surface area contributed by atoms with Gasteiger partial charge in [0.05, 0.1) is 17.5 Å². The molecule has 1 aliphatic rings. The largest absolute Gasteiger partial charge is 0.503 e. The summed E-state index contributed by atoms with van der Waals surface area (Å²) in [5, 5.41) is 10.5. The summed E-state index contributed by atoms with van der Waals surface area (Å²) in [6.45, 7) is 7.28. The van der Waals surface area contributed by atoms with Gasteiger partial charge in [-0.25, -0.2) is 0 Å². The van der Waals surface area contributed by atoms with Crippen molar-refractivity contribution in [3.63, 3.8) is 0 Å². The molecule has 0 fully saturated rings. The molecule has 7 heteroatoms. The van der Waals surface area contributed by atoms with E-state index in [-0.39, 0.29) is 11.3 Å². The Bertz CT molecular complexity index is 842. The molecule has 1 atom stereocenters. The normalized spacial score (nSPS) is 17.0. The van der Waals surface area contributed by atoms with Crippen LogP contribution in [0.3, 0.4) is 0 Å². The van der Waals surface area contributed by atoms with E-state index in [0.717, 1.165) is 26.1 Å². The lowest BCUT2D eigenvalue weighted by Gasteiger charge is -2.27. The number of nitrogens with zero attached hydrogens (tertiary/aromatic N) is 3. The summed E-state index contributed by atoms with van der Waals surface area (Å²) in [5.41, 5.74) is 0.555. The molecule has 0 aromatic carbocycles. The third-order valence-corrected chi connectivity index (χ3v) is 5.03. The predicted octanol–water partition coefficient (Wildman–Crippen LogP) is 2.98. The Morgan fingerprint density at radius 1 is 1.25 bits per heavy atom. The highest BCUT2D eigenvalue weighted by atomic mass is 16.3. The van der Waals surface area contributed by atoms with Gasteiger partial charge in [0.15, 0.2) is 11.5 Å². The molecule has 2 aromatic heterocycles. The van der Waals surface area contributed by atoms with Crippen LogP contribution in [0.4, 0.5) is 0 Å². The molecule has 1 N–H and O–H groups in total. The summed E-state index contributed by atoms with van der Waals surface area (Å²) < 4.78 is 5.20. The zero-order valence-corrected chi connectivity index (χ0v) is 16.2. The van der Waals surface area contributed by atoms with E-state index in [0.29, 0.717) is 12.2 Å². The van der Waals surface area contributed by atoms with Gasteiger partial charge in [0.2, 0.25) is 5.78 Å². The smallest absolute Gasteiger partial charge is 0.290 e. The highest BCUT2D eigenvalue weighted by Crippen LogP contribution is 2.38. The van der Waals surface area contributed by atoms with Gasteiger partial charge in [-0.2, -0.15) is 0 Å². The van der Waals surface area contributed by atoms with Crippen LogP contribution in [0.25, 0.3) is 0 Å². The van der Waals surface area contributed by atoms with Crippen LogP contribution in [0.15, 0.2) is 58.5 Å². The molecule has 0 saturated carbocycles. The first-order chi connectivity index (χ1) is 13.6. The lowest BCUT2D eigenvalue weighted by atomic mass is 9.98. The highest BCUT2D eigenvalue weighted by molar-refractivity contribution is 6.14. The summed E-state index contributed by atoms with van der Waals surface area (Å²) in [6, 6.07) is 7.70. The van der Waals surface area contributed by atoms with Crippen molar-refractivity contribution in [1.82, 2.24) is 14.8 Å². The minimum absolute atomic E-state index is 0.0153. The standard InChI is InChI=1S/C21H25N3O4/c1-3-23(4-2)12-8-13-24-18(15-9-5-6-11-22-15)17(20(26)21(24)27)19(25)16-10-7-14-28-16/h5-7,9-11,14,18,26H,3-4,8,12-13H2,1-2H3/t18-/m0/s1. The molecule has 1 amide bonds. The second-order valence-electron chi connectivity index (χ2n) is 6.60. The number of rotatable bonds is 9. The van der Waals surface area contributed by atoms with Gasteiger partial charge in [-0.05, 0) is 50.3 Å². The third kappa shape index (κ3) is 3.84. The van der Waals surface area contributed by atoms with Crippen molar-refractivity contribution in [2.75, 3.05) is 26.2 Å². The molecule has 148 valence electrons. The number of hydrogen-bond donors (Lipinski definition) is 1. The van der Waals surface area contributed by atoms with Crippen molar-refractivity contribution in [1.29, 1.82) is 0 Å².